The van der Waals surface area contributed by atoms with E-state index in [0.29, 0.717) is 6.07 Å². The van der Waals surface area contributed by atoms with Crippen LogP contribution in [0.2, 0.25) is 0 Å². The van der Waals surface area contributed by atoms with Crippen molar-refractivity contribution in [1.29, 1.82) is 0 Å². The summed E-state index contributed by atoms with van der Waals surface area (Å²) in [4.78, 5) is 24.1. The normalized spacial score (nSPS) is 11.6. The standard InChI is InChI=1S/C10H8F5NO4/c1-19-6(18)3-4-2-5(17)7(8(11)12)9(16-4)20-10(13,14)15/h2,8H,3H2,1H3,(H,16,17). The van der Waals surface area contributed by atoms with Gasteiger partial charge in [0.25, 0.3) is 6.43 Å². The van der Waals surface area contributed by atoms with Crippen LogP contribution in [0, 0.1) is 0 Å². The topological polar surface area (TPSA) is 68.4 Å². The number of pyridine rings is 1. The number of H-pyrrole nitrogens is 1. The number of aromatic nitrogens is 1. The number of rotatable bonds is 4. The van der Waals surface area contributed by atoms with E-state index in [-0.39, 0.29) is 5.69 Å². The van der Waals surface area contributed by atoms with E-state index in [2.05, 4.69) is 9.47 Å². The highest BCUT2D eigenvalue weighted by molar-refractivity contribution is 5.71. The van der Waals surface area contributed by atoms with E-state index in [4.69, 9.17) is 0 Å². The smallest absolute Gasteiger partial charge is 0.469 e. The predicted octanol–water partition coefficient (Wildman–Crippen LogP) is 1.93. The average Bonchev–Trinajstić information content (AvgIpc) is 2.25. The van der Waals surface area contributed by atoms with Gasteiger partial charge in [-0.2, -0.15) is 0 Å². The molecule has 0 saturated heterocycles. The molecule has 0 radical (unpaired) electrons. The Morgan fingerprint density at radius 2 is 2.00 bits per heavy atom. The van der Waals surface area contributed by atoms with Gasteiger partial charge in [0.2, 0.25) is 5.88 Å². The lowest BCUT2D eigenvalue weighted by Crippen LogP contribution is -2.23. The number of nitrogens with one attached hydrogen (secondary N) is 1. The van der Waals surface area contributed by atoms with Crippen LogP contribution >= 0.6 is 0 Å². The second-order valence-corrected chi connectivity index (χ2v) is 3.50. The van der Waals surface area contributed by atoms with Crippen molar-refractivity contribution >= 4 is 5.97 Å². The summed E-state index contributed by atoms with van der Waals surface area (Å²) in [7, 11) is 1.01. The third-order valence-electron chi connectivity index (χ3n) is 2.09. The molecule has 1 aromatic heterocycles. The van der Waals surface area contributed by atoms with Crippen LogP contribution in [0.3, 0.4) is 0 Å². The number of hydrogen-bond acceptors (Lipinski definition) is 4. The van der Waals surface area contributed by atoms with E-state index in [1.54, 1.807) is 0 Å². The second kappa shape index (κ2) is 5.88. The van der Waals surface area contributed by atoms with Crippen molar-refractivity contribution in [2.75, 3.05) is 7.11 Å². The number of carbonyl (C=O) groups is 1. The van der Waals surface area contributed by atoms with Crippen molar-refractivity contribution in [3.8, 4) is 5.88 Å². The molecule has 0 aliphatic heterocycles. The van der Waals surface area contributed by atoms with Crippen LogP contribution in [-0.2, 0) is 16.0 Å². The molecule has 1 aromatic rings. The molecule has 0 aliphatic rings. The van der Waals surface area contributed by atoms with Crippen LogP contribution in [0.15, 0.2) is 10.9 Å². The zero-order valence-electron chi connectivity index (χ0n) is 9.88. The van der Waals surface area contributed by atoms with Crippen molar-refractivity contribution < 1.29 is 36.2 Å². The maximum absolute atomic E-state index is 12.6. The average molecular weight is 301 g/mol. The van der Waals surface area contributed by atoms with Gasteiger partial charge in [0.05, 0.1) is 13.5 Å². The maximum atomic E-state index is 12.6. The first kappa shape index (κ1) is 15.9. The SMILES string of the molecule is COC(=O)Cc1cc(=O)c(C(F)F)c(OC(F)(F)F)[nH]1. The summed E-state index contributed by atoms with van der Waals surface area (Å²) in [6, 6.07) is 0.585. The zero-order chi connectivity index (χ0) is 15.5. The molecule has 0 bridgehead atoms. The Labute approximate surface area is 108 Å². The summed E-state index contributed by atoms with van der Waals surface area (Å²) >= 11 is 0. The minimum atomic E-state index is -5.27. The molecule has 0 aliphatic carbocycles. The van der Waals surface area contributed by atoms with E-state index in [1.165, 1.54) is 0 Å². The molecular formula is C10H8F5NO4. The van der Waals surface area contributed by atoms with Gasteiger partial charge >= 0.3 is 12.3 Å². The van der Waals surface area contributed by atoms with E-state index < -0.39 is 42.1 Å². The number of hydrogen-bond donors (Lipinski definition) is 1. The van der Waals surface area contributed by atoms with Crippen LogP contribution < -0.4 is 10.2 Å². The molecule has 1 rings (SSSR count). The maximum Gasteiger partial charge on any atom is 0.574 e. The Kier molecular flexibility index (Phi) is 4.69. The van der Waals surface area contributed by atoms with E-state index >= 15 is 0 Å². The van der Waals surface area contributed by atoms with E-state index in [0.717, 1.165) is 7.11 Å². The molecule has 0 fully saturated rings. The molecule has 1 N–H and O–H groups in total. The Hall–Kier alpha value is -2.13. The van der Waals surface area contributed by atoms with Gasteiger partial charge in [-0.25, -0.2) is 8.78 Å². The zero-order valence-corrected chi connectivity index (χ0v) is 9.88. The highest BCUT2D eigenvalue weighted by Gasteiger charge is 2.35. The first-order valence-corrected chi connectivity index (χ1v) is 5.01. The van der Waals surface area contributed by atoms with Gasteiger partial charge in [-0.05, 0) is 0 Å². The summed E-state index contributed by atoms with van der Waals surface area (Å²) < 4.78 is 69.0. The van der Waals surface area contributed by atoms with Crippen LogP contribution in [0.25, 0.3) is 0 Å². The third kappa shape index (κ3) is 4.21. The number of carbonyl (C=O) groups excluding carboxylic acids is 1. The molecule has 5 nitrogen and oxygen atoms in total. The fraction of sp³-hybridized carbons (Fsp3) is 0.400. The monoisotopic (exact) mass is 301 g/mol. The van der Waals surface area contributed by atoms with Crippen molar-refractivity contribution in [2.45, 2.75) is 19.2 Å². The van der Waals surface area contributed by atoms with Crippen LogP contribution in [0.1, 0.15) is 17.7 Å². The van der Waals surface area contributed by atoms with E-state index in [1.807, 2.05) is 4.98 Å². The highest BCUT2D eigenvalue weighted by atomic mass is 19.4. The van der Waals surface area contributed by atoms with Crippen molar-refractivity contribution in [3.63, 3.8) is 0 Å². The minimum absolute atomic E-state index is 0.342. The van der Waals surface area contributed by atoms with Crippen molar-refractivity contribution in [2.24, 2.45) is 0 Å². The molecule has 112 valence electrons. The first-order chi connectivity index (χ1) is 9.14. The van der Waals surface area contributed by atoms with Gasteiger partial charge in [0, 0.05) is 11.8 Å². The molecule has 0 amide bonds. The molecular weight excluding hydrogens is 293 g/mol. The molecule has 0 saturated carbocycles. The summed E-state index contributed by atoms with van der Waals surface area (Å²) in [6.45, 7) is 0. The quantitative estimate of drug-likeness (QED) is 0.681. The lowest BCUT2D eigenvalue weighted by molar-refractivity contribution is -0.276. The summed E-state index contributed by atoms with van der Waals surface area (Å²) in [6.07, 6.45) is -9.33. The Morgan fingerprint density at radius 3 is 2.45 bits per heavy atom. The van der Waals surface area contributed by atoms with Gasteiger partial charge in [0.15, 0.2) is 5.43 Å². The largest absolute Gasteiger partial charge is 0.574 e. The number of aromatic amines is 1. The van der Waals surface area contributed by atoms with Crippen LogP contribution in [0.4, 0.5) is 22.0 Å². The van der Waals surface area contributed by atoms with E-state index in [9.17, 15) is 31.5 Å². The fourth-order valence-corrected chi connectivity index (χ4v) is 1.32. The van der Waals surface area contributed by atoms with Gasteiger partial charge in [-0.3, -0.25) is 9.59 Å². The molecule has 0 aromatic carbocycles. The first-order valence-electron chi connectivity index (χ1n) is 5.01. The lowest BCUT2D eigenvalue weighted by Gasteiger charge is -2.13. The molecule has 10 heteroatoms. The number of alkyl halides is 5. The summed E-state index contributed by atoms with van der Waals surface area (Å²) in [5.41, 5.74) is -3.18. The highest BCUT2D eigenvalue weighted by Crippen LogP contribution is 2.29. The number of halogens is 5. The molecule has 0 atom stereocenters. The lowest BCUT2D eigenvalue weighted by atomic mass is 10.2. The Balaban J connectivity index is 3.28. The van der Waals surface area contributed by atoms with Gasteiger partial charge in [-0.15, -0.1) is 13.2 Å². The summed E-state index contributed by atoms with van der Waals surface area (Å²) in [5.74, 6) is -2.32. The number of methoxy groups -OCH3 is 1. The summed E-state index contributed by atoms with van der Waals surface area (Å²) in [5, 5.41) is 0. The van der Waals surface area contributed by atoms with Gasteiger partial charge < -0.3 is 14.5 Å². The minimum Gasteiger partial charge on any atom is -0.469 e. The molecule has 0 unspecified atom stereocenters. The molecule has 0 spiro atoms. The fourth-order valence-electron chi connectivity index (χ4n) is 1.32. The predicted molar refractivity (Wildman–Crippen MR) is 54.4 cm³/mol. The number of esters is 1. The van der Waals surface area contributed by atoms with Crippen molar-refractivity contribution in [3.05, 3.63) is 27.5 Å². The third-order valence-corrected chi connectivity index (χ3v) is 2.09. The molecule has 1 heterocycles. The van der Waals surface area contributed by atoms with Gasteiger partial charge in [0.1, 0.15) is 5.56 Å². The van der Waals surface area contributed by atoms with Crippen LogP contribution in [0.5, 0.6) is 5.88 Å². The second-order valence-electron chi connectivity index (χ2n) is 3.50. The Morgan fingerprint density at radius 1 is 1.40 bits per heavy atom. The number of ether oxygens (including phenoxy) is 2. The van der Waals surface area contributed by atoms with Gasteiger partial charge in [-0.1, -0.05) is 0 Å². The van der Waals surface area contributed by atoms with Crippen molar-refractivity contribution in [1.82, 2.24) is 4.98 Å². The molecule has 20 heavy (non-hydrogen) atoms. The Bertz CT molecular complexity index is 552. The van der Waals surface area contributed by atoms with Crippen LogP contribution in [-0.4, -0.2) is 24.4 Å².